The molecule has 4 heterocycles. The van der Waals surface area contributed by atoms with Crippen LogP contribution in [-0.2, 0) is 52.0 Å². The van der Waals surface area contributed by atoms with Gasteiger partial charge in [-0.2, -0.15) is 17.6 Å². The van der Waals surface area contributed by atoms with Crippen molar-refractivity contribution in [3.05, 3.63) is 149 Å². The van der Waals surface area contributed by atoms with Crippen LogP contribution in [0.15, 0.2) is 91.8 Å². The average Bonchev–Trinajstić information content (AvgIpc) is 3.96. The average molecular weight is 921 g/mol. The van der Waals surface area contributed by atoms with Crippen molar-refractivity contribution in [2.45, 2.75) is 96.3 Å². The van der Waals surface area contributed by atoms with Crippen LogP contribution in [0.1, 0.15) is 75.2 Å². The van der Waals surface area contributed by atoms with Gasteiger partial charge in [0.25, 0.3) is 0 Å². The van der Waals surface area contributed by atoms with Gasteiger partial charge >= 0.3 is 11.8 Å². The standard InChI is InChI=1S/C21H23F4N5O2.C21H21F4N5O2.CH4/c2*1-14(2)32-9-3-4-15-5-8-19(26-11-15)21(24,25)20(31,12-30-13-27-28-29-30)17-7-6-16(22)10-18(17)23;/h5-8,10-11,13-14,31H,3-4,9,12H2,1-2H3;3-8,10-11,13-14,31H,9,12H2,1-2H3;1H4/b;4-3+;. The largest absolute Gasteiger partial charge is 0.379 e. The van der Waals surface area contributed by atoms with Crippen LogP contribution >= 0.6 is 0 Å². The van der Waals surface area contributed by atoms with Crippen LogP contribution in [-0.4, -0.2) is 86.0 Å². The number of tetrazole rings is 2. The fourth-order valence-corrected chi connectivity index (χ4v) is 6.23. The summed E-state index contributed by atoms with van der Waals surface area (Å²) >= 11 is 0. The molecular formula is C43H48F8N10O4. The van der Waals surface area contributed by atoms with Crippen molar-refractivity contribution in [2.75, 3.05) is 13.2 Å². The molecule has 4 aromatic heterocycles. The molecule has 0 saturated heterocycles. The number of hydrogen-bond donors (Lipinski definition) is 2. The van der Waals surface area contributed by atoms with Crippen LogP contribution in [0, 0.1) is 23.3 Å². The first-order valence-electron chi connectivity index (χ1n) is 19.6. The molecule has 6 rings (SSSR count). The highest BCUT2D eigenvalue weighted by molar-refractivity contribution is 5.48. The van der Waals surface area contributed by atoms with E-state index in [0.717, 1.165) is 58.4 Å². The highest BCUT2D eigenvalue weighted by Gasteiger charge is 2.59. The predicted octanol–water partition coefficient (Wildman–Crippen LogP) is 7.48. The third-order valence-electron chi connectivity index (χ3n) is 9.51. The van der Waals surface area contributed by atoms with Crippen LogP contribution in [0.3, 0.4) is 0 Å². The van der Waals surface area contributed by atoms with Gasteiger partial charge in [-0.1, -0.05) is 31.7 Å². The number of nitrogens with zero attached hydrogens (tertiary/aromatic N) is 10. The fraction of sp³-hybridized carbons (Fsp3) is 0.395. The zero-order valence-corrected chi connectivity index (χ0v) is 34.8. The number of hydrogen-bond acceptors (Lipinski definition) is 12. The normalized spacial score (nSPS) is 13.9. The number of aliphatic hydroxyl groups is 2. The molecule has 0 fully saturated rings. The van der Waals surface area contributed by atoms with Crippen molar-refractivity contribution < 1.29 is 54.8 Å². The number of pyridine rings is 2. The molecule has 2 unspecified atom stereocenters. The van der Waals surface area contributed by atoms with E-state index in [-0.39, 0.29) is 19.6 Å². The molecule has 0 bridgehead atoms. The van der Waals surface area contributed by atoms with Gasteiger partial charge in [-0.25, -0.2) is 26.9 Å². The minimum absolute atomic E-state index is 0. The molecule has 2 N–H and O–H groups in total. The van der Waals surface area contributed by atoms with E-state index in [1.54, 1.807) is 12.2 Å². The smallest absolute Gasteiger partial charge is 0.323 e. The van der Waals surface area contributed by atoms with E-state index in [1.165, 1.54) is 24.5 Å². The Labute approximate surface area is 369 Å². The quantitative estimate of drug-likeness (QED) is 0.0607. The van der Waals surface area contributed by atoms with Gasteiger partial charge in [0.05, 0.1) is 31.9 Å². The predicted molar refractivity (Wildman–Crippen MR) is 219 cm³/mol. The number of benzene rings is 2. The lowest BCUT2D eigenvalue weighted by Gasteiger charge is -2.35. The third-order valence-corrected chi connectivity index (χ3v) is 9.51. The third kappa shape index (κ3) is 12.6. The molecule has 0 aliphatic carbocycles. The Hall–Kier alpha value is -6.10. The summed E-state index contributed by atoms with van der Waals surface area (Å²) in [6.45, 7) is 6.64. The van der Waals surface area contributed by atoms with E-state index in [9.17, 15) is 27.8 Å². The van der Waals surface area contributed by atoms with Crippen molar-refractivity contribution in [2.24, 2.45) is 0 Å². The van der Waals surface area contributed by atoms with Crippen LogP contribution in [0.5, 0.6) is 0 Å². The summed E-state index contributed by atoms with van der Waals surface area (Å²) in [7, 11) is 0. The number of ether oxygens (including phenoxy) is 2. The molecule has 0 radical (unpaired) electrons. The minimum atomic E-state index is -4.10. The number of halogens is 8. The van der Waals surface area contributed by atoms with Crippen LogP contribution in [0.4, 0.5) is 35.1 Å². The second-order valence-electron chi connectivity index (χ2n) is 15.0. The molecule has 6 aromatic rings. The zero-order valence-electron chi connectivity index (χ0n) is 34.8. The topological polar surface area (TPSA) is 172 Å². The monoisotopic (exact) mass is 920 g/mol. The Kier molecular flexibility index (Phi) is 17.6. The Morgan fingerprint density at radius 2 is 1.15 bits per heavy atom. The summed E-state index contributed by atoms with van der Waals surface area (Å²) in [5.41, 5.74) is -8.32. The Morgan fingerprint density at radius 1 is 0.662 bits per heavy atom. The van der Waals surface area contributed by atoms with Crippen molar-refractivity contribution in [1.29, 1.82) is 0 Å². The van der Waals surface area contributed by atoms with Gasteiger partial charge in [-0.15, -0.1) is 10.2 Å². The van der Waals surface area contributed by atoms with Crippen LogP contribution in [0.2, 0.25) is 0 Å². The highest BCUT2D eigenvalue weighted by atomic mass is 19.3. The van der Waals surface area contributed by atoms with Gasteiger partial charge < -0.3 is 19.7 Å². The second kappa shape index (κ2) is 22.2. The summed E-state index contributed by atoms with van der Waals surface area (Å²) in [4.78, 5) is 7.60. The summed E-state index contributed by atoms with van der Waals surface area (Å²) in [6.07, 6.45) is 9.18. The molecule has 0 amide bonds. The maximum Gasteiger partial charge on any atom is 0.323 e. The minimum Gasteiger partial charge on any atom is -0.379 e. The lowest BCUT2D eigenvalue weighted by molar-refractivity contribution is -0.207. The van der Waals surface area contributed by atoms with Gasteiger partial charge in [-0.05, 0) is 109 Å². The molecule has 65 heavy (non-hydrogen) atoms. The van der Waals surface area contributed by atoms with Crippen molar-refractivity contribution >= 4 is 6.08 Å². The highest BCUT2D eigenvalue weighted by Crippen LogP contribution is 2.48. The van der Waals surface area contributed by atoms with E-state index in [2.05, 4.69) is 41.0 Å². The first-order chi connectivity index (χ1) is 30.3. The van der Waals surface area contributed by atoms with Crippen molar-refractivity contribution in [1.82, 2.24) is 50.4 Å². The molecule has 350 valence electrons. The Morgan fingerprint density at radius 3 is 1.55 bits per heavy atom. The fourth-order valence-electron chi connectivity index (χ4n) is 6.23. The molecule has 0 aliphatic rings. The number of alkyl halides is 4. The lowest BCUT2D eigenvalue weighted by Crippen LogP contribution is -2.48. The van der Waals surface area contributed by atoms with Crippen LogP contribution < -0.4 is 0 Å². The van der Waals surface area contributed by atoms with Gasteiger partial charge in [0.2, 0.25) is 0 Å². The van der Waals surface area contributed by atoms with E-state index < -0.39 is 81.9 Å². The Bertz CT molecular complexity index is 2410. The molecule has 2 aromatic carbocycles. The lowest BCUT2D eigenvalue weighted by atomic mass is 9.84. The molecule has 0 saturated carbocycles. The van der Waals surface area contributed by atoms with Gasteiger partial charge in [0.1, 0.15) is 47.3 Å². The first kappa shape index (κ1) is 51.5. The maximum atomic E-state index is 15.6. The summed E-state index contributed by atoms with van der Waals surface area (Å²) in [6, 6.07) is 8.86. The zero-order chi connectivity index (χ0) is 46.7. The summed E-state index contributed by atoms with van der Waals surface area (Å²) in [5, 5.41) is 42.5. The number of aromatic nitrogens is 10. The summed E-state index contributed by atoms with van der Waals surface area (Å²) in [5.74, 6) is -12.8. The van der Waals surface area contributed by atoms with E-state index in [1.807, 2.05) is 27.7 Å². The van der Waals surface area contributed by atoms with Gasteiger partial charge in [-0.3, -0.25) is 9.97 Å². The molecule has 22 heteroatoms. The maximum absolute atomic E-state index is 15.6. The van der Waals surface area contributed by atoms with E-state index in [0.29, 0.717) is 49.3 Å². The van der Waals surface area contributed by atoms with E-state index >= 15 is 17.6 Å². The van der Waals surface area contributed by atoms with Crippen LogP contribution in [0.25, 0.3) is 6.08 Å². The number of rotatable bonds is 19. The molecule has 14 nitrogen and oxygen atoms in total. The Balaban J connectivity index is 0.000000280. The SMILES string of the molecule is C.CC(C)OC/C=C/c1ccc(C(F)(F)C(O)(Cn2cnnn2)c2ccc(F)cc2F)nc1.CC(C)OCCCc1ccc(C(F)(F)C(O)(Cn2cnnn2)c2ccc(F)cc2F)nc1. The summed E-state index contributed by atoms with van der Waals surface area (Å²) < 4.78 is 131. The van der Waals surface area contributed by atoms with Crippen molar-refractivity contribution in [3.8, 4) is 0 Å². The van der Waals surface area contributed by atoms with Gasteiger partial charge in [0.15, 0.2) is 11.2 Å². The molecule has 0 spiro atoms. The first-order valence-corrected chi connectivity index (χ1v) is 19.6. The van der Waals surface area contributed by atoms with E-state index in [4.69, 9.17) is 9.47 Å². The molecule has 0 aliphatic heterocycles. The van der Waals surface area contributed by atoms with Gasteiger partial charge in [0, 0.05) is 42.3 Å². The molecular weight excluding hydrogens is 873 g/mol. The molecule has 2 atom stereocenters. The number of aryl methyl sites for hydroxylation is 1. The van der Waals surface area contributed by atoms with Crippen molar-refractivity contribution in [3.63, 3.8) is 0 Å². The second-order valence-corrected chi connectivity index (χ2v) is 15.0.